The van der Waals surface area contributed by atoms with Crippen LogP contribution in [0.3, 0.4) is 0 Å². The number of ether oxygens (including phenoxy) is 2. The lowest BCUT2D eigenvalue weighted by Crippen LogP contribution is -2.06. The monoisotopic (exact) mass is 468 g/mol. The van der Waals surface area contributed by atoms with Crippen molar-refractivity contribution in [1.82, 2.24) is 9.97 Å². The highest BCUT2D eigenvalue weighted by molar-refractivity contribution is 5.88. The Balaban J connectivity index is 1.44. The lowest BCUT2D eigenvalue weighted by atomic mass is 10.1. The number of H-pyrrole nitrogens is 1. The first-order valence-electron chi connectivity index (χ1n) is 10.8. The van der Waals surface area contributed by atoms with Crippen LogP contribution in [0.5, 0.6) is 5.75 Å². The minimum atomic E-state index is -4.37. The van der Waals surface area contributed by atoms with Gasteiger partial charge in [0.25, 0.3) is 0 Å². The zero-order chi connectivity index (χ0) is 24.3. The predicted molar refractivity (Wildman–Crippen MR) is 122 cm³/mol. The van der Waals surface area contributed by atoms with Crippen molar-refractivity contribution < 1.29 is 27.4 Å². The Morgan fingerprint density at radius 1 is 1.03 bits per heavy atom. The average molecular weight is 468 g/mol. The molecule has 0 saturated heterocycles. The maximum Gasteiger partial charge on any atom is 0.416 e. The molecule has 0 amide bonds. The fourth-order valence-corrected chi connectivity index (χ4v) is 3.66. The van der Waals surface area contributed by atoms with Crippen molar-refractivity contribution in [3.63, 3.8) is 0 Å². The lowest BCUT2D eigenvalue weighted by molar-refractivity contribution is -0.142. The van der Waals surface area contributed by atoms with Crippen molar-refractivity contribution in [3.05, 3.63) is 83.2 Å². The summed E-state index contributed by atoms with van der Waals surface area (Å²) in [5.74, 6) is 0.384. The Bertz CT molecular complexity index is 1310. The summed E-state index contributed by atoms with van der Waals surface area (Å²) in [7, 11) is 0. The molecule has 2 heterocycles. The van der Waals surface area contributed by atoms with Crippen LogP contribution >= 0.6 is 0 Å². The van der Waals surface area contributed by atoms with Crippen molar-refractivity contribution in [1.29, 1.82) is 0 Å². The third kappa shape index (κ3) is 5.22. The van der Waals surface area contributed by atoms with Gasteiger partial charge in [-0.3, -0.25) is 9.78 Å². The van der Waals surface area contributed by atoms with Gasteiger partial charge < -0.3 is 14.5 Å². The van der Waals surface area contributed by atoms with Crippen molar-refractivity contribution in [2.24, 2.45) is 0 Å². The van der Waals surface area contributed by atoms with E-state index < -0.39 is 11.7 Å². The van der Waals surface area contributed by atoms with Gasteiger partial charge in [-0.15, -0.1) is 0 Å². The summed E-state index contributed by atoms with van der Waals surface area (Å²) < 4.78 is 49.3. The molecule has 5 nitrogen and oxygen atoms in total. The lowest BCUT2D eigenvalue weighted by Gasteiger charge is -2.11. The van der Waals surface area contributed by atoms with E-state index in [1.165, 1.54) is 12.1 Å². The number of carbonyl (C=O) groups excluding carboxylic acids is 1. The molecule has 0 aliphatic carbocycles. The fraction of sp³-hybridized carbons (Fsp3) is 0.231. The van der Waals surface area contributed by atoms with Gasteiger partial charge in [-0.1, -0.05) is 18.2 Å². The molecule has 8 heteroatoms. The number of aryl methyl sites for hydroxylation is 1. The molecule has 0 bridgehead atoms. The van der Waals surface area contributed by atoms with Crippen LogP contribution in [-0.4, -0.2) is 22.5 Å². The molecule has 0 unspecified atom stereocenters. The second-order valence-electron chi connectivity index (χ2n) is 7.81. The number of fused-ring (bicyclic) bond motifs is 1. The summed E-state index contributed by atoms with van der Waals surface area (Å²) in [5, 5.41) is 0.930. The van der Waals surface area contributed by atoms with Gasteiger partial charge in [0.2, 0.25) is 0 Å². The minimum Gasteiger partial charge on any atom is -0.489 e. The Labute approximate surface area is 194 Å². The number of hydrogen-bond donors (Lipinski definition) is 1. The Hall–Kier alpha value is -3.81. The fourth-order valence-electron chi connectivity index (χ4n) is 3.66. The topological polar surface area (TPSA) is 64.2 Å². The molecule has 0 spiro atoms. The van der Waals surface area contributed by atoms with Crippen LogP contribution in [0.1, 0.15) is 29.3 Å². The van der Waals surface area contributed by atoms with Crippen LogP contribution in [0, 0.1) is 6.92 Å². The molecule has 4 aromatic rings. The van der Waals surface area contributed by atoms with Crippen molar-refractivity contribution in [2.45, 2.75) is 33.1 Å². The molecule has 1 N–H and O–H groups in total. The first-order valence-corrected chi connectivity index (χ1v) is 10.8. The SMILES string of the molecule is CCOC(=O)Cc1c[nH]c2cc(OCc3ccc(-c4ccc(C(F)(F)F)cc4)nc3C)ccc12. The Kier molecular flexibility index (Phi) is 6.58. The third-order valence-corrected chi connectivity index (χ3v) is 5.48. The number of benzene rings is 2. The number of pyridine rings is 1. The molecule has 2 aromatic heterocycles. The van der Waals surface area contributed by atoms with E-state index in [4.69, 9.17) is 9.47 Å². The Morgan fingerprint density at radius 2 is 1.79 bits per heavy atom. The van der Waals surface area contributed by atoms with Crippen LogP contribution in [0.2, 0.25) is 0 Å². The first-order chi connectivity index (χ1) is 16.2. The molecule has 34 heavy (non-hydrogen) atoms. The zero-order valence-corrected chi connectivity index (χ0v) is 18.7. The van der Waals surface area contributed by atoms with Gasteiger partial charge >= 0.3 is 12.1 Å². The largest absolute Gasteiger partial charge is 0.489 e. The minimum absolute atomic E-state index is 0.199. The number of rotatable bonds is 7. The summed E-state index contributed by atoms with van der Waals surface area (Å²) >= 11 is 0. The third-order valence-electron chi connectivity index (χ3n) is 5.48. The number of hydrogen-bond acceptors (Lipinski definition) is 4. The number of aromatic amines is 1. The van der Waals surface area contributed by atoms with Crippen molar-refractivity contribution in [3.8, 4) is 17.0 Å². The maximum atomic E-state index is 12.8. The van der Waals surface area contributed by atoms with E-state index in [1.54, 1.807) is 19.2 Å². The molecule has 0 radical (unpaired) electrons. The highest BCUT2D eigenvalue weighted by Gasteiger charge is 2.30. The van der Waals surface area contributed by atoms with Gasteiger partial charge in [0.1, 0.15) is 12.4 Å². The van der Waals surface area contributed by atoms with Gasteiger partial charge in [-0.2, -0.15) is 13.2 Å². The van der Waals surface area contributed by atoms with E-state index in [9.17, 15) is 18.0 Å². The average Bonchev–Trinajstić information content (AvgIpc) is 3.19. The second kappa shape index (κ2) is 9.59. The highest BCUT2D eigenvalue weighted by Crippen LogP contribution is 2.31. The number of halogens is 3. The number of aromatic nitrogens is 2. The molecule has 4 rings (SSSR count). The second-order valence-corrected chi connectivity index (χ2v) is 7.81. The zero-order valence-electron chi connectivity index (χ0n) is 18.7. The summed E-state index contributed by atoms with van der Waals surface area (Å²) in [6.45, 7) is 4.24. The summed E-state index contributed by atoms with van der Waals surface area (Å²) in [6.07, 6.45) is -2.38. The highest BCUT2D eigenvalue weighted by atomic mass is 19.4. The van der Waals surface area contributed by atoms with Gasteiger partial charge in [-0.05, 0) is 49.7 Å². The van der Waals surface area contributed by atoms with Gasteiger partial charge in [0.15, 0.2) is 0 Å². The van der Waals surface area contributed by atoms with E-state index in [1.807, 2.05) is 31.2 Å². The first kappa shape index (κ1) is 23.4. The quantitative estimate of drug-likeness (QED) is 0.326. The molecule has 0 fully saturated rings. The summed E-state index contributed by atoms with van der Waals surface area (Å²) in [4.78, 5) is 19.5. The number of nitrogens with zero attached hydrogens (tertiary/aromatic N) is 1. The molecular weight excluding hydrogens is 445 g/mol. The smallest absolute Gasteiger partial charge is 0.416 e. The number of nitrogens with one attached hydrogen (secondary N) is 1. The maximum absolute atomic E-state index is 12.8. The number of carbonyl (C=O) groups is 1. The normalized spacial score (nSPS) is 11.6. The van der Waals surface area contributed by atoms with Crippen LogP contribution in [0.15, 0.2) is 60.8 Å². The molecule has 176 valence electrons. The van der Waals surface area contributed by atoms with Crippen molar-refractivity contribution >= 4 is 16.9 Å². The molecule has 2 aromatic carbocycles. The van der Waals surface area contributed by atoms with Gasteiger partial charge in [0.05, 0.1) is 24.3 Å². The summed E-state index contributed by atoms with van der Waals surface area (Å²) in [6, 6.07) is 14.2. The van der Waals surface area contributed by atoms with E-state index in [2.05, 4.69) is 9.97 Å². The molecule has 0 aliphatic rings. The predicted octanol–water partition coefficient (Wildman–Crippen LogP) is 6.24. The van der Waals surface area contributed by atoms with E-state index in [0.29, 0.717) is 23.6 Å². The Morgan fingerprint density at radius 3 is 2.47 bits per heavy atom. The van der Waals surface area contributed by atoms with E-state index >= 15 is 0 Å². The number of esters is 1. The standard InChI is InChI=1S/C26H23F3N2O3/c1-3-33-25(32)12-19-14-30-24-13-21(9-10-22(19)24)34-15-18-6-11-23(31-16(18)2)17-4-7-20(8-5-17)26(27,28)29/h4-11,13-14,30H,3,12,15H2,1-2H3. The van der Waals surface area contributed by atoms with Crippen LogP contribution in [0.4, 0.5) is 13.2 Å². The van der Waals surface area contributed by atoms with E-state index in [0.717, 1.165) is 39.9 Å². The molecule has 0 atom stereocenters. The molecule has 0 aliphatic heterocycles. The van der Waals surface area contributed by atoms with Crippen molar-refractivity contribution in [2.75, 3.05) is 6.61 Å². The van der Waals surface area contributed by atoms with Crippen LogP contribution in [-0.2, 0) is 28.7 Å². The van der Waals surface area contributed by atoms with Crippen LogP contribution in [0.25, 0.3) is 22.2 Å². The summed E-state index contributed by atoms with van der Waals surface area (Å²) in [5.41, 5.74) is 3.82. The number of alkyl halides is 3. The van der Waals surface area contributed by atoms with Crippen LogP contribution < -0.4 is 4.74 Å². The van der Waals surface area contributed by atoms with Gasteiger partial charge in [0, 0.05) is 40.0 Å². The van der Waals surface area contributed by atoms with Gasteiger partial charge in [-0.25, -0.2) is 0 Å². The molecular formula is C26H23F3N2O3. The molecule has 0 saturated carbocycles. The van der Waals surface area contributed by atoms with E-state index in [-0.39, 0.29) is 19.0 Å².